The Labute approximate surface area is 54.7 Å². The van der Waals surface area contributed by atoms with Crippen LogP contribution < -0.4 is 0 Å². The molecule has 0 bridgehead atoms. The highest BCUT2D eigenvalue weighted by Crippen LogP contribution is 2.04. The molecule has 0 aliphatic carbocycles. The van der Waals surface area contributed by atoms with Gasteiger partial charge in [0.25, 0.3) is 0 Å². The van der Waals surface area contributed by atoms with Gasteiger partial charge in [-0.15, -0.1) is 12.6 Å². The lowest BCUT2D eigenvalue weighted by atomic mass is 10.7. The average molecular weight is 127 g/mol. The first-order valence-electron chi connectivity index (χ1n) is 2.67. The van der Waals surface area contributed by atoms with E-state index < -0.39 is 0 Å². The van der Waals surface area contributed by atoms with E-state index in [0.29, 0.717) is 0 Å². The SMILES string of the molecule is CCn1ccc(S)c1. The normalized spacial score (nSPS) is 9.75. The molecular weight excluding hydrogens is 118 g/mol. The van der Waals surface area contributed by atoms with Crippen LogP contribution in [0.4, 0.5) is 0 Å². The molecule has 0 amide bonds. The van der Waals surface area contributed by atoms with Crippen LogP contribution in [-0.2, 0) is 6.54 Å². The van der Waals surface area contributed by atoms with E-state index in [9.17, 15) is 0 Å². The van der Waals surface area contributed by atoms with Gasteiger partial charge in [-0.2, -0.15) is 0 Å². The largest absolute Gasteiger partial charge is 0.353 e. The zero-order chi connectivity index (χ0) is 5.98. The van der Waals surface area contributed by atoms with Gasteiger partial charge in [0.2, 0.25) is 0 Å². The van der Waals surface area contributed by atoms with Crippen molar-refractivity contribution in [2.75, 3.05) is 0 Å². The molecule has 8 heavy (non-hydrogen) atoms. The van der Waals surface area contributed by atoms with Gasteiger partial charge in [0.05, 0.1) is 0 Å². The van der Waals surface area contributed by atoms with E-state index in [1.807, 2.05) is 18.5 Å². The number of hydrogen-bond donors (Lipinski definition) is 1. The molecule has 1 aromatic heterocycles. The van der Waals surface area contributed by atoms with E-state index in [4.69, 9.17) is 0 Å². The Morgan fingerprint density at radius 2 is 2.50 bits per heavy atom. The van der Waals surface area contributed by atoms with Gasteiger partial charge in [-0.25, -0.2) is 0 Å². The number of aromatic nitrogens is 1. The van der Waals surface area contributed by atoms with E-state index in [-0.39, 0.29) is 0 Å². The fourth-order valence-corrected chi connectivity index (χ4v) is 0.840. The molecule has 0 atom stereocenters. The van der Waals surface area contributed by atoms with Crippen LogP contribution in [0.1, 0.15) is 6.92 Å². The van der Waals surface area contributed by atoms with Gasteiger partial charge in [0.15, 0.2) is 0 Å². The monoisotopic (exact) mass is 127 g/mol. The van der Waals surface area contributed by atoms with Gasteiger partial charge in [-0.05, 0) is 13.0 Å². The maximum atomic E-state index is 4.14. The first-order chi connectivity index (χ1) is 3.83. The third-order valence-corrected chi connectivity index (χ3v) is 1.36. The van der Waals surface area contributed by atoms with Crippen LogP contribution >= 0.6 is 12.6 Å². The minimum absolute atomic E-state index is 1.03. The summed E-state index contributed by atoms with van der Waals surface area (Å²) >= 11 is 4.14. The topological polar surface area (TPSA) is 4.93 Å². The van der Waals surface area contributed by atoms with Gasteiger partial charge in [0, 0.05) is 23.8 Å². The van der Waals surface area contributed by atoms with E-state index in [1.165, 1.54) is 0 Å². The maximum absolute atomic E-state index is 4.14. The van der Waals surface area contributed by atoms with Crippen LogP contribution in [0.5, 0.6) is 0 Å². The molecule has 44 valence electrons. The summed E-state index contributed by atoms with van der Waals surface area (Å²) in [7, 11) is 0. The van der Waals surface area contributed by atoms with Crippen LogP contribution in [0.3, 0.4) is 0 Å². The van der Waals surface area contributed by atoms with Crippen molar-refractivity contribution in [1.29, 1.82) is 0 Å². The lowest BCUT2D eigenvalue weighted by Gasteiger charge is -1.90. The van der Waals surface area contributed by atoms with Crippen LogP contribution in [-0.4, -0.2) is 4.57 Å². The summed E-state index contributed by atoms with van der Waals surface area (Å²) in [6, 6.07) is 1.98. The first-order valence-corrected chi connectivity index (χ1v) is 3.12. The minimum atomic E-state index is 1.03. The minimum Gasteiger partial charge on any atom is -0.353 e. The molecule has 0 aliphatic heterocycles. The number of hydrogen-bond acceptors (Lipinski definition) is 1. The quantitative estimate of drug-likeness (QED) is 0.549. The van der Waals surface area contributed by atoms with E-state index >= 15 is 0 Å². The van der Waals surface area contributed by atoms with Gasteiger partial charge in [-0.1, -0.05) is 0 Å². The molecular formula is C6H9NS. The third kappa shape index (κ3) is 1.07. The van der Waals surface area contributed by atoms with Crippen LogP contribution in [0.25, 0.3) is 0 Å². The van der Waals surface area contributed by atoms with Crippen molar-refractivity contribution in [2.24, 2.45) is 0 Å². The van der Waals surface area contributed by atoms with Crippen molar-refractivity contribution >= 4 is 12.6 Å². The predicted octanol–water partition coefficient (Wildman–Crippen LogP) is 1.80. The Morgan fingerprint density at radius 1 is 1.75 bits per heavy atom. The molecule has 0 radical (unpaired) electrons. The highest BCUT2D eigenvalue weighted by Gasteiger charge is 1.85. The van der Waals surface area contributed by atoms with Crippen LogP contribution in [0, 0.1) is 0 Å². The molecule has 0 aromatic carbocycles. The molecule has 0 unspecified atom stereocenters. The molecule has 2 heteroatoms. The summed E-state index contributed by atoms with van der Waals surface area (Å²) in [6.45, 7) is 3.13. The Hall–Kier alpha value is -0.370. The second-order valence-corrected chi connectivity index (χ2v) is 2.22. The van der Waals surface area contributed by atoms with Gasteiger partial charge in [-0.3, -0.25) is 0 Å². The van der Waals surface area contributed by atoms with Gasteiger partial charge < -0.3 is 4.57 Å². The summed E-state index contributed by atoms with van der Waals surface area (Å²) < 4.78 is 2.09. The summed E-state index contributed by atoms with van der Waals surface area (Å²) in [5, 5.41) is 0. The zero-order valence-electron chi connectivity index (χ0n) is 4.83. The standard InChI is InChI=1S/C6H9NS/c1-2-7-4-3-6(8)5-7/h3-5,8H,2H2,1H3. The van der Waals surface area contributed by atoms with Crippen molar-refractivity contribution < 1.29 is 0 Å². The van der Waals surface area contributed by atoms with Gasteiger partial charge >= 0.3 is 0 Å². The fraction of sp³-hybridized carbons (Fsp3) is 0.333. The number of aryl methyl sites for hydroxylation is 1. The summed E-state index contributed by atoms with van der Waals surface area (Å²) in [4.78, 5) is 1.03. The van der Waals surface area contributed by atoms with E-state index in [0.717, 1.165) is 11.4 Å². The second kappa shape index (κ2) is 2.27. The number of rotatable bonds is 1. The van der Waals surface area contributed by atoms with Crippen LogP contribution in [0.2, 0.25) is 0 Å². The second-order valence-electron chi connectivity index (χ2n) is 1.70. The van der Waals surface area contributed by atoms with Crippen molar-refractivity contribution in [1.82, 2.24) is 4.57 Å². The third-order valence-electron chi connectivity index (χ3n) is 1.10. The Balaban J connectivity index is 2.84. The molecule has 1 heterocycles. The molecule has 1 nitrogen and oxygen atoms in total. The smallest absolute Gasteiger partial charge is 0.0217 e. The maximum Gasteiger partial charge on any atom is 0.0217 e. The molecule has 0 fully saturated rings. The van der Waals surface area contributed by atoms with Gasteiger partial charge in [0.1, 0.15) is 0 Å². The predicted molar refractivity (Wildman–Crippen MR) is 37.4 cm³/mol. The number of thiol groups is 1. The summed E-state index contributed by atoms with van der Waals surface area (Å²) in [5.74, 6) is 0. The molecule has 1 rings (SSSR count). The number of nitrogens with zero attached hydrogens (tertiary/aromatic N) is 1. The van der Waals surface area contributed by atoms with E-state index in [2.05, 4.69) is 24.1 Å². The molecule has 0 saturated carbocycles. The van der Waals surface area contributed by atoms with Crippen molar-refractivity contribution in [3.05, 3.63) is 18.5 Å². The highest BCUT2D eigenvalue weighted by atomic mass is 32.1. The first kappa shape index (κ1) is 5.76. The fourth-order valence-electron chi connectivity index (χ4n) is 0.625. The average Bonchev–Trinajstić information content (AvgIpc) is 2.14. The van der Waals surface area contributed by atoms with Crippen molar-refractivity contribution in [3.8, 4) is 0 Å². The Bertz CT molecular complexity index is 169. The molecule has 0 saturated heterocycles. The van der Waals surface area contributed by atoms with Crippen molar-refractivity contribution in [2.45, 2.75) is 18.4 Å². The Kier molecular flexibility index (Phi) is 1.63. The van der Waals surface area contributed by atoms with Crippen molar-refractivity contribution in [3.63, 3.8) is 0 Å². The summed E-state index contributed by atoms with van der Waals surface area (Å²) in [6.07, 6.45) is 4.02. The van der Waals surface area contributed by atoms with Crippen LogP contribution in [0.15, 0.2) is 23.4 Å². The Morgan fingerprint density at radius 3 is 2.75 bits per heavy atom. The lowest BCUT2D eigenvalue weighted by molar-refractivity contribution is 0.765. The molecule has 1 aromatic rings. The molecule has 0 spiro atoms. The lowest BCUT2D eigenvalue weighted by Crippen LogP contribution is -1.85. The molecule has 0 N–H and O–H groups in total. The molecule has 0 aliphatic rings. The summed E-state index contributed by atoms with van der Waals surface area (Å²) in [5.41, 5.74) is 0. The van der Waals surface area contributed by atoms with E-state index in [1.54, 1.807) is 0 Å². The zero-order valence-corrected chi connectivity index (χ0v) is 5.73. The highest BCUT2D eigenvalue weighted by molar-refractivity contribution is 7.80.